The van der Waals surface area contributed by atoms with Crippen LogP contribution in [0.2, 0.25) is 0 Å². The summed E-state index contributed by atoms with van der Waals surface area (Å²) < 4.78 is 13.2. The summed E-state index contributed by atoms with van der Waals surface area (Å²) in [4.78, 5) is 33.8. The lowest BCUT2D eigenvalue weighted by Crippen LogP contribution is -2.40. The summed E-state index contributed by atoms with van der Waals surface area (Å²) in [6.07, 6.45) is -1.10. The SMILES string of the molecule is O=C(O)[C@@H]1CC(O)CN1C(=O)c1ccc(F)c([N+](=O)[O-])c1. The third kappa shape index (κ3) is 2.82. The molecule has 2 N–H and O–H groups in total. The van der Waals surface area contributed by atoms with E-state index in [4.69, 9.17) is 5.11 Å². The molecule has 0 saturated carbocycles. The van der Waals surface area contributed by atoms with Crippen LogP contribution < -0.4 is 0 Å². The number of rotatable bonds is 3. The number of carbonyl (C=O) groups excluding carboxylic acids is 1. The van der Waals surface area contributed by atoms with E-state index in [0.29, 0.717) is 0 Å². The molecule has 1 unspecified atom stereocenters. The molecule has 2 atom stereocenters. The van der Waals surface area contributed by atoms with Crippen molar-refractivity contribution in [3.05, 3.63) is 39.7 Å². The van der Waals surface area contributed by atoms with Gasteiger partial charge in [0, 0.05) is 24.6 Å². The Morgan fingerprint density at radius 1 is 1.43 bits per heavy atom. The highest BCUT2D eigenvalue weighted by molar-refractivity contribution is 5.97. The molecule has 1 aliphatic rings. The van der Waals surface area contributed by atoms with Crippen LogP contribution in [0.15, 0.2) is 18.2 Å². The molecular formula is C12H11FN2O6. The maximum Gasteiger partial charge on any atom is 0.326 e. The van der Waals surface area contributed by atoms with E-state index in [2.05, 4.69) is 0 Å². The number of aliphatic hydroxyl groups is 1. The van der Waals surface area contributed by atoms with Gasteiger partial charge in [-0.25, -0.2) is 4.79 Å². The summed E-state index contributed by atoms with van der Waals surface area (Å²) in [6, 6.07) is 1.35. The summed E-state index contributed by atoms with van der Waals surface area (Å²) in [5.41, 5.74) is -1.07. The molecule has 1 aromatic carbocycles. The van der Waals surface area contributed by atoms with Crippen molar-refractivity contribution in [2.75, 3.05) is 6.54 Å². The molecule has 0 radical (unpaired) electrons. The van der Waals surface area contributed by atoms with Gasteiger partial charge in [-0.15, -0.1) is 0 Å². The molecule has 0 aromatic heterocycles. The minimum atomic E-state index is -1.28. The summed E-state index contributed by atoms with van der Waals surface area (Å²) >= 11 is 0. The molecule has 1 saturated heterocycles. The number of benzene rings is 1. The van der Waals surface area contributed by atoms with Gasteiger partial charge in [-0.2, -0.15) is 4.39 Å². The number of β-amino-alcohol motifs (C(OH)–C–C–N with tert-alkyl or cyclic N) is 1. The monoisotopic (exact) mass is 298 g/mol. The van der Waals surface area contributed by atoms with Gasteiger partial charge in [0.05, 0.1) is 11.0 Å². The van der Waals surface area contributed by atoms with Crippen LogP contribution in [0.5, 0.6) is 0 Å². The number of hydrogen-bond acceptors (Lipinski definition) is 5. The second-order valence-corrected chi connectivity index (χ2v) is 4.62. The maximum absolute atomic E-state index is 13.2. The minimum Gasteiger partial charge on any atom is -0.480 e. The van der Waals surface area contributed by atoms with E-state index in [0.717, 1.165) is 23.1 Å². The fraction of sp³-hybridized carbons (Fsp3) is 0.333. The summed E-state index contributed by atoms with van der Waals surface area (Å²) in [5.74, 6) is -3.17. The Labute approximate surface area is 117 Å². The lowest BCUT2D eigenvalue weighted by Gasteiger charge is -2.21. The predicted molar refractivity (Wildman–Crippen MR) is 66.1 cm³/mol. The molecular weight excluding hydrogens is 287 g/mol. The van der Waals surface area contributed by atoms with E-state index in [1.807, 2.05) is 0 Å². The van der Waals surface area contributed by atoms with Crippen molar-refractivity contribution < 1.29 is 29.1 Å². The number of nitro groups is 1. The van der Waals surface area contributed by atoms with Gasteiger partial charge in [-0.3, -0.25) is 14.9 Å². The average molecular weight is 298 g/mol. The number of aliphatic hydroxyl groups excluding tert-OH is 1. The Morgan fingerprint density at radius 2 is 2.10 bits per heavy atom. The third-order valence-electron chi connectivity index (χ3n) is 3.21. The molecule has 1 heterocycles. The van der Waals surface area contributed by atoms with Gasteiger partial charge in [-0.05, 0) is 12.1 Å². The van der Waals surface area contributed by atoms with Gasteiger partial charge in [0.15, 0.2) is 0 Å². The van der Waals surface area contributed by atoms with Crippen molar-refractivity contribution in [3.8, 4) is 0 Å². The van der Waals surface area contributed by atoms with Crippen molar-refractivity contribution in [1.29, 1.82) is 0 Å². The number of nitrogens with zero attached hydrogens (tertiary/aromatic N) is 2. The fourth-order valence-electron chi connectivity index (χ4n) is 2.22. The zero-order valence-corrected chi connectivity index (χ0v) is 10.6. The Hall–Kier alpha value is -2.55. The molecule has 0 spiro atoms. The predicted octanol–water partition coefficient (Wildman–Crippen LogP) is 0.394. The molecule has 1 aromatic rings. The number of nitro benzene ring substituents is 1. The molecule has 0 aliphatic carbocycles. The standard InChI is InChI=1S/C12H11FN2O6/c13-8-2-1-6(3-9(8)15(20)21)11(17)14-5-7(16)4-10(14)12(18)19/h1-3,7,10,16H,4-5H2,(H,18,19)/t7?,10-/m0/s1. The highest BCUT2D eigenvalue weighted by Gasteiger charge is 2.39. The molecule has 0 bridgehead atoms. The molecule has 8 nitrogen and oxygen atoms in total. The summed E-state index contributed by atoms with van der Waals surface area (Å²) in [7, 11) is 0. The molecule has 1 amide bonds. The Kier molecular flexibility index (Phi) is 3.85. The quantitative estimate of drug-likeness (QED) is 0.615. The average Bonchev–Trinajstić information content (AvgIpc) is 2.80. The van der Waals surface area contributed by atoms with Crippen LogP contribution in [0.4, 0.5) is 10.1 Å². The zero-order valence-electron chi connectivity index (χ0n) is 10.6. The first-order chi connectivity index (χ1) is 9.81. The topological polar surface area (TPSA) is 121 Å². The molecule has 1 aliphatic heterocycles. The van der Waals surface area contributed by atoms with Crippen molar-refractivity contribution in [3.63, 3.8) is 0 Å². The van der Waals surface area contributed by atoms with Crippen LogP contribution in [0.25, 0.3) is 0 Å². The Morgan fingerprint density at radius 3 is 2.67 bits per heavy atom. The molecule has 2 rings (SSSR count). The van der Waals surface area contributed by atoms with Crippen molar-refractivity contribution in [1.82, 2.24) is 4.90 Å². The van der Waals surface area contributed by atoms with E-state index < -0.39 is 40.5 Å². The summed E-state index contributed by atoms with van der Waals surface area (Å²) in [6.45, 7) is -0.193. The third-order valence-corrected chi connectivity index (χ3v) is 3.21. The molecule has 21 heavy (non-hydrogen) atoms. The smallest absolute Gasteiger partial charge is 0.326 e. The lowest BCUT2D eigenvalue weighted by molar-refractivity contribution is -0.387. The second kappa shape index (κ2) is 5.44. The number of amides is 1. The molecule has 112 valence electrons. The second-order valence-electron chi connectivity index (χ2n) is 4.62. The highest BCUT2D eigenvalue weighted by Crippen LogP contribution is 2.24. The van der Waals surface area contributed by atoms with Crippen LogP contribution >= 0.6 is 0 Å². The van der Waals surface area contributed by atoms with Crippen LogP contribution in [0.1, 0.15) is 16.8 Å². The molecule has 1 fully saturated rings. The number of hydrogen-bond donors (Lipinski definition) is 2. The minimum absolute atomic E-state index is 0.121. The number of likely N-dealkylation sites (tertiary alicyclic amines) is 1. The number of carbonyl (C=O) groups is 2. The van der Waals surface area contributed by atoms with Crippen LogP contribution in [-0.2, 0) is 4.79 Å². The Bertz CT molecular complexity index is 620. The first-order valence-electron chi connectivity index (χ1n) is 5.97. The summed E-state index contributed by atoms with van der Waals surface area (Å²) in [5, 5.41) is 29.1. The van der Waals surface area contributed by atoms with Crippen molar-refractivity contribution in [2.45, 2.75) is 18.6 Å². The van der Waals surface area contributed by atoms with Crippen molar-refractivity contribution in [2.24, 2.45) is 0 Å². The first-order valence-corrected chi connectivity index (χ1v) is 5.97. The molecule has 9 heteroatoms. The van der Waals surface area contributed by atoms with Crippen molar-refractivity contribution >= 4 is 17.6 Å². The van der Waals surface area contributed by atoms with Crippen LogP contribution in [-0.4, -0.2) is 50.6 Å². The van der Waals surface area contributed by atoms with Gasteiger partial charge < -0.3 is 15.1 Å². The lowest BCUT2D eigenvalue weighted by atomic mass is 10.1. The first kappa shape index (κ1) is 14.9. The van der Waals surface area contributed by atoms with E-state index in [-0.39, 0.29) is 18.5 Å². The largest absolute Gasteiger partial charge is 0.480 e. The number of carboxylic acid groups (broad SMARTS) is 1. The van der Waals surface area contributed by atoms with Crippen LogP contribution in [0.3, 0.4) is 0 Å². The number of carboxylic acids is 1. The van der Waals surface area contributed by atoms with Gasteiger partial charge in [0.2, 0.25) is 5.82 Å². The fourth-order valence-corrected chi connectivity index (χ4v) is 2.22. The van der Waals surface area contributed by atoms with Crippen LogP contribution in [0, 0.1) is 15.9 Å². The maximum atomic E-state index is 13.2. The van der Waals surface area contributed by atoms with Gasteiger partial charge in [-0.1, -0.05) is 0 Å². The normalized spacial score (nSPS) is 21.3. The van der Waals surface area contributed by atoms with E-state index in [9.17, 15) is 29.2 Å². The van der Waals surface area contributed by atoms with Gasteiger partial charge in [0.25, 0.3) is 5.91 Å². The van der Waals surface area contributed by atoms with E-state index >= 15 is 0 Å². The Balaban J connectivity index is 2.33. The number of aliphatic carboxylic acids is 1. The van der Waals surface area contributed by atoms with Gasteiger partial charge >= 0.3 is 11.7 Å². The van der Waals surface area contributed by atoms with E-state index in [1.165, 1.54) is 0 Å². The van der Waals surface area contributed by atoms with E-state index in [1.54, 1.807) is 0 Å². The van der Waals surface area contributed by atoms with Gasteiger partial charge in [0.1, 0.15) is 6.04 Å². The number of halogens is 1. The highest BCUT2D eigenvalue weighted by atomic mass is 19.1. The zero-order chi connectivity index (χ0) is 15.7.